The van der Waals surface area contributed by atoms with Gasteiger partial charge in [0.05, 0.1) is 11.9 Å². The number of nitrogens with zero attached hydrogens (tertiary/aromatic N) is 2. The number of nitrogens with one attached hydrogen (secondary N) is 1. The zero-order chi connectivity index (χ0) is 15.4. The van der Waals surface area contributed by atoms with E-state index in [4.69, 9.17) is 11.6 Å². The highest BCUT2D eigenvalue weighted by Gasteiger charge is 2.03. The molecule has 0 radical (unpaired) electrons. The summed E-state index contributed by atoms with van der Waals surface area (Å²) in [5.74, 6) is 0. The Labute approximate surface area is 138 Å². The highest BCUT2D eigenvalue weighted by molar-refractivity contribution is 7.14. The molecular formula is C17H14ClN3S. The molecule has 0 saturated carbocycles. The first kappa shape index (κ1) is 14.8. The Kier molecular flexibility index (Phi) is 4.51. The number of rotatable bonds is 4. The maximum absolute atomic E-state index is 5.89. The molecule has 22 heavy (non-hydrogen) atoms. The van der Waals surface area contributed by atoms with Crippen molar-refractivity contribution in [1.29, 1.82) is 0 Å². The number of anilines is 1. The number of hydrogen-bond acceptors (Lipinski definition) is 4. The SMILES string of the molecule is Cc1cccc(C=NNc2nc(-c3ccc(Cl)cc3)cs2)c1. The average Bonchev–Trinajstić information content (AvgIpc) is 2.97. The number of benzene rings is 2. The monoisotopic (exact) mass is 327 g/mol. The van der Waals surface area contributed by atoms with Gasteiger partial charge in [-0.05, 0) is 24.6 Å². The van der Waals surface area contributed by atoms with Crippen molar-refractivity contribution in [3.8, 4) is 11.3 Å². The molecule has 0 unspecified atom stereocenters. The van der Waals surface area contributed by atoms with Crippen LogP contribution in [-0.4, -0.2) is 11.2 Å². The minimum Gasteiger partial charge on any atom is -0.253 e. The number of halogens is 1. The van der Waals surface area contributed by atoms with Gasteiger partial charge in [-0.1, -0.05) is 53.6 Å². The summed E-state index contributed by atoms with van der Waals surface area (Å²) < 4.78 is 0. The first-order valence-corrected chi connectivity index (χ1v) is 8.04. The summed E-state index contributed by atoms with van der Waals surface area (Å²) in [6.07, 6.45) is 1.79. The molecule has 2 aromatic carbocycles. The molecule has 0 aliphatic heterocycles. The van der Waals surface area contributed by atoms with Gasteiger partial charge in [-0.15, -0.1) is 11.3 Å². The molecule has 0 fully saturated rings. The van der Waals surface area contributed by atoms with E-state index >= 15 is 0 Å². The van der Waals surface area contributed by atoms with E-state index in [9.17, 15) is 0 Å². The smallest absolute Gasteiger partial charge is 0.203 e. The molecule has 1 heterocycles. The van der Waals surface area contributed by atoms with Crippen molar-refractivity contribution < 1.29 is 0 Å². The van der Waals surface area contributed by atoms with Gasteiger partial charge in [-0.25, -0.2) is 4.98 Å². The molecule has 0 saturated heterocycles. The molecule has 0 aliphatic rings. The number of hydrazone groups is 1. The van der Waals surface area contributed by atoms with E-state index in [0.29, 0.717) is 0 Å². The largest absolute Gasteiger partial charge is 0.253 e. The van der Waals surface area contributed by atoms with Crippen molar-refractivity contribution in [1.82, 2.24) is 4.98 Å². The number of aryl methyl sites for hydroxylation is 1. The van der Waals surface area contributed by atoms with Crippen molar-refractivity contribution in [2.24, 2.45) is 5.10 Å². The third-order valence-electron chi connectivity index (χ3n) is 3.06. The molecule has 3 rings (SSSR count). The molecule has 0 atom stereocenters. The molecule has 0 amide bonds. The number of thiazole rings is 1. The highest BCUT2D eigenvalue weighted by Crippen LogP contribution is 2.25. The van der Waals surface area contributed by atoms with Crippen LogP contribution in [0.2, 0.25) is 5.02 Å². The van der Waals surface area contributed by atoms with E-state index < -0.39 is 0 Å². The van der Waals surface area contributed by atoms with Crippen LogP contribution >= 0.6 is 22.9 Å². The van der Waals surface area contributed by atoms with E-state index in [1.807, 2.05) is 41.8 Å². The Morgan fingerprint density at radius 2 is 2.00 bits per heavy atom. The van der Waals surface area contributed by atoms with E-state index in [0.717, 1.165) is 27.0 Å². The van der Waals surface area contributed by atoms with Crippen molar-refractivity contribution in [3.63, 3.8) is 0 Å². The molecule has 5 heteroatoms. The summed E-state index contributed by atoms with van der Waals surface area (Å²) in [4.78, 5) is 4.51. The van der Waals surface area contributed by atoms with Gasteiger partial charge in [-0.2, -0.15) is 5.10 Å². The average molecular weight is 328 g/mol. The first-order chi connectivity index (χ1) is 10.7. The quantitative estimate of drug-likeness (QED) is 0.527. The minimum atomic E-state index is 0.722. The van der Waals surface area contributed by atoms with Gasteiger partial charge in [0.1, 0.15) is 0 Å². The zero-order valence-corrected chi connectivity index (χ0v) is 13.5. The van der Waals surface area contributed by atoms with Crippen LogP contribution in [0.4, 0.5) is 5.13 Å². The molecule has 0 spiro atoms. The lowest BCUT2D eigenvalue weighted by molar-refractivity contribution is 1.29. The van der Waals surface area contributed by atoms with Crippen molar-refractivity contribution in [2.45, 2.75) is 6.92 Å². The summed E-state index contributed by atoms with van der Waals surface area (Å²) in [6.45, 7) is 2.06. The lowest BCUT2D eigenvalue weighted by atomic mass is 10.2. The van der Waals surface area contributed by atoms with Gasteiger partial charge in [0.15, 0.2) is 0 Å². The van der Waals surface area contributed by atoms with Crippen LogP contribution in [0.25, 0.3) is 11.3 Å². The van der Waals surface area contributed by atoms with Crippen LogP contribution in [0.3, 0.4) is 0 Å². The Morgan fingerprint density at radius 3 is 2.77 bits per heavy atom. The molecular weight excluding hydrogens is 314 g/mol. The minimum absolute atomic E-state index is 0.722. The Morgan fingerprint density at radius 1 is 1.18 bits per heavy atom. The second-order valence-electron chi connectivity index (χ2n) is 4.83. The molecule has 0 bridgehead atoms. The van der Waals surface area contributed by atoms with Crippen LogP contribution in [-0.2, 0) is 0 Å². The Hall–Kier alpha value is -2.17. The van der Waals surface area contributed by atoms with E-state index in [-0.39, 0.29) is 0 Å². The van der Waals surface area contributed by atoms with Crippen LogP contribution in [0, 0.1) is 6.92 Å². The van der Waals surface area contributed by atoms with Gasteiger partial charge >= 0.3 is 0 Å². The summed E-state index contributed by atoms with van der Waals surface area (Å²) >= 11 is 7.41. The van der Waals surface area contributed by atoms with Gasteiger partial charge in [0.2, 0.25) is 5.13 Å². The van der Waals surface area contributed by atoms with E-state index in [1.165, 1.54) is 16.9 Å². The van der Waals surface area contributed by atoms with Gasteiger partial charge in [0.25, 0.3) is 0 Å². The fourth-order valence-corrected chi connectivity index (χ4v) is 2.79. The van der Waals surface area contributed by atoms with E-state index in [2.05, 4.69) is 34.6 Å². The third-order valence-corrected chi connectivity index (χ3v) is 4.06. The van der Waals surface area contributed by atoms with Crippen LogP contribution < -0.4 is 5.43 Å². The fraction of sp³-hybridized carbons (Fsp3) is 0.0588. The van der Waals surface area contributed by atoms with Crippen LogP contribution in [0.5, 0.6) is 0 Å². The second kappa shape index (κ2) is 6.73. The molecule has 110 valence electrons. The summed E-state index contributed by atoms with van der Waals surface area (Å²) in [5.41, 5.74) is 7.18. The first-order valence-electron chi connectivity index (χ1n) is 6.78. The molecule has 1 N–H and O–H groups in total. The predicted octanol–water partition coefficient (Wildman–Crippen LogP) is 5.22. The van der Waals surface area contributed by atoms with Crippen LogP contribution in [0.1, 0.15) is 11.1 Å². The number of hydrogen-bond donors (Lipinski definition) is 1. The second-order valence-corrected chi connectivity index (χ2v) is 6.12. The molecule has 3 aromatic rings. The fourth-order valence-electron chi connectivity index (χ4n) is 1.99. The zero-order valence-electron chi connectivity index (χ0n) is 12.0. The summed E-state index contributed by atoms with van der Waals surface area (Å²) in [6, 6.07) is 15.8. The Bertz CT molecular complexity index is 794. The standard InChI is InChI=1S/C17H14ClN3S/c1-12-3-2-4-13(9-12)10-19-21-17-20-16(11-22-17)14-5-7-15(18)8-6-14/h2-11H,1H3,(H,20,21). The number of aromatic nitrogens is 1. The van der Waals surface area contributed by atoms with E-state index in [1.54, 1.807) is 6.21 Å². The Balaban J connectivity index is 1.68. The topological polar surface area (TPSA) is 37.3 Å². The molecule has 1 aromatic heterocycles. The third kappa shape index (κ3) is 3.72. The van der Waals surface area contributed by atoms with Gasteiger partial charge in [0, 0.05) is 16.0 Å². The van der Waals surface area contributed by atoms with Gasteiger partial charge in [-0.3, -0.25) is 5.43 Å². The van der Waals surface area contributed by atoms with Crippen LogP contribution in [0.15, 0.2) is 59.0 Å². The maximum Gasteiger partial charge on any atom is 0.203 e. The lowest BCUT2D eigenvalue weighted by Crippen LogP contribution is -1.90. The summed E-state index contributed by atoms with van der Waals surface area (Å²) in [7, 11) is 0. The molecule has 0 aliphatic carbocycles. The van der Waals surface area contributed by atoms with Crippen molar-refractivity contribution >= 4 is 34.3 Å². The lowest BCUT2D eigenvalue weighted by Gasteiger charge is -1.97. The summed E-state index contributed by atoms with van der Waals surface area (Å²) in [5, 5.41) is 7.70. The van der Waals surface area contributed by atoms with Crippen molar-refractivity contribution in [3.05, 3.63) is 70.1 Å². The predicted molar refractivity (Wildman–Crippen MR) is 95.0 cm³/mol. The molecule has 3 nitrogen and oxygen atoms in total. The maximum atomic E-state index is 5.89. The van der Waals surface area contributed by atoms with Crippen molar-refractivity contribution in [2.75, 3.05) is 5.43 Å². The van der Waals surface area contributed by atoms with Gasteiger partial charge < -0.3 is 0 Å². The normalized spacial score (nSPS) is 11.0. The highest BCUT2D eigenvalue weighted by atomic mass is 35.5.